The van der Waals surface area contributed by atoms with Gasteiger partial charge in [0, 0.05) is 42.5 Å². The van der Waals surface area contributed by atoms with Crippen LogP contribution in [-0.2, 0) is 11.2 Å². The number of ketones is 1. The van der Waals surface area contributed by atoms with Crippen molar-refractivity contribution in [2.45, 2.75) is 19.3 Å². The first-order valence-corrected chi connectivity index (χ1v) is 6.59. The molecule has 4 heteroatoms. The van der Waals surface area contributed by atoms with Gasteiger partial charge >= 0.3 is 0 Å². The largest absolute Gasteiger partial charge is 0.302 e. The lowest BCUT2D eigenvalue weighted by atomic mass is 10.1. The molecular weight excluding hydrogens is 257 g/mol. The van der Waals surface area contributed by atoms with Crippen molar-refractivity contribution in [1.82, 2.24) is 4.90 Å². The highest BCUT2D eigenvalue weighted by Gasteiger charge is 2.15. The number of halogens is 2. The average Bonchev–Trinajstić information content (AvgIpc) is 2.30. The number of carbonyl (C=O) groups is 1. The molecule has 17 heavy (non-hydrogen) atoms. The predicted molar refractivity (Wildman–Crippen MR) is 70.8 cm³/mol. The quantitative estimate of drug-likeness (QED) is 0.842. The van der Waals surface area contributed by atoms with E-state index in [-0.39, 0.29) is 0 Å². The van der Waals surface area contributed by atoms with Crippen molar-refractivity contribution in [3.05, 3.63) is 33.8 Å². The van der Waals surface area contributed by atoms with Gasteiger partial charge in [0.2, 0.25) is 0 Å². The number of likely N-dealkylation sites (tertiary alicyclic amines) is 1. The Bertz CT molecular complexity index is 410. The Kier molecular flexibility index (Phi) is 4.43. The van der Waals surface area contributed by atoms with E-state index in [2.05, 4.69) is 4.90 Å². The molecule has 0 N–H and O–H groups in total. The molecule has 0 amide bonds. The van der Waals surface area contributed by atoms with E-state index >= 15 is 0 Å². The first-order chi connectivity index (χ1) is 8.15. The molecular formula is C13H15Cl2NO. The van der Waals surface area contributed by atoms with Gasteiger partial charge in [-0.1, -0.05) is 29.3 Å². The molecule has 0 bridgehead atoms. The number of Topliss-reactive ketones (excluding diaryl/α,β-unsaturated/α-hetero) is 1. The van der Waals surface area contributed by atoms with Gasteiger partial charge in [0.05, 0.1) is 0 Å². The Labute approximate surface area is 112 Å². The lowest BCUT2D eigenvalue weighted by Crippen LogP contribution is -2.35. The van der Waals surface area contributed by atoms with Crippen LogP contribution in [0.15, 0.2) is 18.2 Å². The van der Waals surface area contributed by atoms with E-state index in [0.29, 0.717) is 23.6 Å². The number of carbonyl (C=O) groups excluding carboxylic acids is 1. The first kappa shape index (κ1) is 12.9. The van der Waals surface area contributed by atoms with E-state index < -0.39 is 0 Å². The Morgan fingerprint density at radius 2 is 1.88 bits per heavy atom. The molecule has 0 aliphatic carbocycles. The maximum absolute atomic E-state index is 11.1. The van der Waals surface area contributed by atoms with E-state index in [1.165, 1.54) is 0 Å². The maximum atomic E-state index is 11.1. The van der Waals surface area contributed by atoms with Crippen molar-refractivity contribution in [2.24, 2.45) is 0 Å². The second-order valence-electron chi connectivity index (χ2n) is 4.37. The molecule has 1 aliphatic heterocycles. The van der Waals surface area contributed by atoms with Gasteiger partial charge in [0.1, 0.15) is 5.78 Å². The summed E-state index contributed by atoms with van der Waals surface area (Å²) < 4.78 is 0. The highest BCUT2D eigenvalue weighted by atomic mass is 35.5. The smallest absolute Gasteiger partial charge is 0.135 e. The number of benzene rings is 1. The van der Waals surface area contributed by atoms with Crippen LogP contribution in [0.2, 0.25) is 10.0 Å². The van der Waals surface area contributed by atoms with Crippen LogP contribution in [0, 0.1) is 0 Å². The molecule has 1 fully saturated rings. The van der Waals surface area contributed by atoms with Gasteiger partial charge in [0.25, 0.3) is 0 Å². The highest BCUT2D eigenvalue weighted by molar-refractivity contribution is 6.35. The summed E-state index contributed by atoms with van der Waals surface area (Å²) in [6, 6.07) is 5.61. The number of piperidine rings is 1. The number of hydrogen-bond acceptors (Lipinski definition) is 2. The molecule has 0 spiro atoms. The van der Waals surface area contributed by atoms with Crippen molar-refractivity contribution >= 4 is 29.0 Å². The van der Waals surface area contributed by atoms with Crippen LogP contribution < -0.4 is 0 Å². The van der Waals surface area contributed by atoms with E-state index in [4.69, 9.17) is 23.2 Å². The Hall–Kier alpha value is -0.570. The third kappa shape index (κ3) is 3.70. The van der Waals surface area contributed by atoms with Crippen LogP contribution in [0.4, 0.5) is 0 Å². The van der Waals surface area contributed by atoms with Gasteiger partial charge in [-0.15, -0.1) is 0 Å². The zero-order valence-electron chi connectivity index (χ0n) is 9.59. The minimum absolute atomic E-state index is 0.380. The third-order valence-corrected chi connectivity index (χ3v) is 3.71. The molecule has 0 atom stereocenters. The number of hydrogen-bond donors (Lipinski definition) is 0. The van der Waals surface area contributed by atoms with Crippen LogP contribution >= 0.6 is 23.2 Å². The Balaban J connectivity index is 1.87. The Morgan fingerprint density at radius 3 is 2.53 bits per heavy atom. The molecule has 1 aromatic carbocycles. The van der Waals surface area contributed by atoms with E-state index in [9.17, 15) is 4.79 Å². The third-order valence-electron chi connectivity index (χ3n) is 3.13. The summed E-state index contributed by atoms with van der Waals surface area (Å²) in [4.78, 5) is 13.4. The number of nitrogens with zero attached hydrogens (tertiary/aromatic N) is 1. The van der Waals surface area contributed by atoms with E-state index in [0.717, 1.165) is 36.6 Å². The fourth-order valence-electron chi connectivity index (χ4n) is 2.03. The van der Waals surface area contributed by atoms with Gasteiger partial charge in [-0.05, 0) is 24.1 Å². The van der Waals surface area contributed by atoms with E-state index in [1.807, 2.05) is 12.1 Å². The van der Waals surface area contributed by atoms with Crippen molar-refractivity contribution < 1.29 is 4.79 Å². The molecule has 0 saturated carbocycles. The van der Waals surface area contributed by atoms with Crippen LogP contribution in [0.1, 0.15) is 18.4 Å². The SMILES string of the molecule is O=C1CCN(CCc2ccc(Cl)cc2Cl)CC1. The van der Waals surface area contributed by atoms with Gasteiger partial charge < -0.3 is 4.90 Å². The van der Waals surface area contributed by atoms with Gasteiger partial charge in [-0.3, -0.25) is 4.79 Å². The van der Waals surface area contributed by atoms with E-state index in [1.54, 1.807) is 6.07 Å². The van der Waals surface area contributed by atoms with Gasteiger partial charge in [-0.25, -0.2) is 0 Å². The van der Waals surface area contributed by atoms with Crippen molar-refractivity contribution in [3.63, 3.8) is 0 Å². The lowest BCUT2D eigenvalue weighted by molar-refractivity contribution is -0.121. The standard InChI is InChI=1S/C13H15Cl2NO/c14-11-2-1-10(13(15)9-11)3-6-16-7-4-12(17)5-8-16/h1-2,9H,3-8H2. The highest BCUT2D eigenvalue weighted by Crippen LogP contribution is 2.21. The van der Waals surface area contributed by atoms with Crippen molar-refractivity contribution in [2.75, 3.05) is 19.6 Å². The molecule has 0 radical (unpaired) electrons. The van der Waals surface area contributed by atoms with Crippen LogP contribution in [0.25, 0.3) is 0 Å². The monoisotopic (exact) mass is 271 g/mol. The summed E-state index contributed by atoms with van der Waals surface area (Å²) in [7, 11) is 0. The first-order valence-electron chi connectivity index (χ1n) is 5.83. The topological polar surface area (TPSA) is 20.3 Å². The summed E-state index contributed by atoms with van der Waals surface area (Å²) in [6.45, 7) is 2.71. The predicted octanol–water partition coefficient (Wildman–Crippen LogP) is 3.20. The lowest BCUT2D eigenvalue weighted by Gasteiger charge is -2.25. The fourth-order valence-corrected chi connectivity index (χ4v) is 2.53. The molecule has 1 saturated heterocycles. The minimum Gasteiger partial charge on any atom is -0.302 e. The summed E-state index contributed by atoms with van der Waals surface area (Å²) in [5, 5.41) is 1.40. The zero-order chi connectivity index (χ0) is 12.3. The second kappa shape index (κ2) is 5.85. The molecule has 92 valence electrons. The van der Waals surface area contributed by atoms with Crippen LogP contribution in [0.5, 0.6) is 0 Å². The molecule has 1 aromatic rings. The average molecular weight is 272 g/mol. The second-order valence-corrected chi connectivity index (χ2v) is 5.21. The Morgan fingerprint density at radius 1 is 1.18 bits per heavy atom. The molecule has 1 aliphatic rings. The summed E-state index contributed by atoms with van der Waals surface area (Å²) in [5.74, 6) is 0.380. The normalized spacial score (nSPS) is 17.4. The maximum Gasteiger partial charge on any atom is 0.135 e. The number of rotatable bonds is 3. The summed E-state index contributed by atoms with van der Waals surface area (Å²) in [5.41, 5.74) is 1.12. The molecule has 0 aromatic heterocycles. The van der Waals surface area contributed by atoms with Crippen molar-refractivity contribution in [1.29, 1.82) is 0 Å². The van der Waals surface area contributed by atoms with Crippen molar-refractivity contribution in [3.8, 4) is 0 Å². The van der Waals surface area contributed by atoms with Crippen LogP contribution in [-0.4, -0.2) is 30.3 Å². The van der Waals surface area contributed by atoms with Gasteiger partial charge in [0.15, 0.2) is 0 Å². The summed E-state index contributed by atoms with van der Waals surface area (Å²) >= 11 is 12.0. The van der Waals surface area contributed by atoms with Gasteiger partial charge in [-0.2, -0.15) is 0 Å². The zero-order valence-corrected chi connectivity index (χ0v) is 11.1. The molecule has 1 heterocycles. The molecule has 2 nitrogen and oxygen atoms in total. The molecule has 2 rings (SSSR count). The summed E-state index contributed by atoms with van der Waals surface area (Å²) in [6.07, 6.45) is 2.28. The minimum atomic E-state index is 0.380. The van der Waals surface area contributed by atoms with Crippen LogP contribution in [0.3, 0.4) is 0 Å². The fraction of sp³-hybridized carbons (Fsp3) is 0.462. The molecule has 0 unspecified atom stereocenters.